The van der Waals surface area contributed by atoms with E-state index in [0.29, 0.717) is 6.61 Å². The molecule has 0 radical (unpaired) electrons. The summed E-state index contributed by atoms with van der Waals surface area (Å²) in [5.41, 5.74) is 1.04. The van der Waals surface area contributed by atoms with E-state index < -0.39 is 0 Å². The highest BCUT2D eigenvalue weighted by molar-refractivity contribution is 8.00. The van der Waals surface area contributed by atoms with E-state index in [1.54, 1.807) is 18.3 Å². The molecular weight excluding hydrogens is 330 g/mol. The number of nitrogens with one attached hydrogen (secondary N) is 1. The zero-order valence-corrected chi connectivity index (χ0v) is 14.5. The van der Waals surface area contributed by atoms with Crippen molar-refractivity contribution in [3.8, 4) is 0 Å². The largest absolute Gasteiger partial charge is 0.465 e. The van der Waals surface area contributed by atoms with Crippen molar-refractivity contribution in [2.24, 2.45) is 0 Å². The summed E-state index contributed by atoms with van der Waals surface area (Å²) in [5, 5.41) is 5.03. The molecule has 1 atom stereocenters. The van der Waals surface area contributed by atoms with Crippen molar-refractivity contribution < 1.29 is 14.3 Å². The maximum atomic E-state index is 12.2. The third-order valence-corrected chi connectivity index (χ3v) is 4.87. The van der Waals surface area contributed by atoms with Gasteiger partial charge in [0.2, 0.25) is 5.91 Å². The standard InChI is InChI=1S/C17H19NO3S2/c1-2-21-16(20)12-22-11-15(19)18-17(14-9-6-10-23-14)13-7-4-3-5-8-13/h3-10,17H,2,11-12H2,1H3,(H,18,19)/t17-/m0/s1. The molecule has 4 nitrogen and oxygen atoms in total. The number of carbonyl (C=O) groups is 2. The van der Waals surface area contributed by atoms with Crippen LogP contribution in [0.5, 0.6) is 0 Å². The topological polar surface area (TPSA) is 55.4 Å². The van der Waals surface area contributed by atoms with Gasteiger partial charge in [0.1, 0.15) is 0 Å². The molecule has 6 heteroatoms. The summed E-state index contributed by atoms with van der Waals surface area (Å²) < 4.78 is 4.84. The lowest BCUT2D eigenvalue weighted by Gasteiger charge is -2.18. The van der Waals surface area contributed by atoms with Gasteiger partial charge < -0.3 is 10.1 Å². The van der Waals surface area contributed by atoms with Gasteiger partial charge in [-0.25, -0.2) is 0 Å². The molecule has 0 aliphatic heterocycles. The van der Waals surface area contributed by atoms with Crippen LogP contribution >= 0.6 is 23.1 Å². The van der Waals surface area contributed by atoms with Crippen molar-refractivity contribution in [3.05, 3.63) is 58.3 Å². The Balaban J connectivity index is 1.93. The average Bonchev–Trinajstić information content (AvgIpc) is 3.08. The molecule has 1 aromatic heterocycles. The molecule has 0 unspecified atom stereocenters. The zero-order valence-electron chi connectivity index (χ0n) is 12.9. The number of thioether (sulfide) groups is 1. The normalized spacial score (nSPS) is 11.7. The molecule has 0 bridgehead atoms. The van der Waals surface area contributed by atoms with E-state index >= 15 is 0 Å². The minimum Gasteiger partial charge on any atom is -0.465 e. The van der Waals surface area contributed by atoms with E-state index in [9.17, 15) is 9.59 Å². The fourth-order valence-corrected chi connectivity index (χ4v) is 3.48. The summed E-state index contributed by atoms with van der Waals surface area (Å²) in [7, 11) is 0. The Hall–Kier alpha value is -1.79. The molecule has 0 aliphatic carbocycles. The molecule has 2 rings (SSSR count). The smallest absolute Gasteiger partial charge is 0.315 e. The summed E-state index contributed by atoms with van der Waals surface area (Å²) >= 11 is 2.87. The maximum Gasteiger partial charge on any atom is 0.315 e. The fourth-order valence-electron chi connectivity index (χ4n) is 2.05. The van der Waals surface area contributed by atoms with Gasteiger partial charge in [-0.1, -0.05) is 36.4 Å². The zero-order chi connectivity index (χ0) is 16.5. The first-order valence-corrected chi connectivity index (χ1v) is 9.35. The Bertz CT molecular complexity index is 614. The van der Waals surface area contributed by atoms with Crippen LogP contribution in [-0.2, 0) is 14.3 Å². The minimum atomic E-state index is -0.289. The Labute approximate surface area is 144 Å². The van der Waals surface area contributed by atoms with Crippen molar-refractivity contribution in [1.29, 1.82) is 0 Å². The number of ether oxygens (including phenoxy) is 1. The lowest BCUT2D eigenvalue weighted by Crippen LogP contribution is -2.30. The number of amides is 1. The Morgan fingerprint density at radius 2 is 1.96 bits per heavy atom. The SMILES string of the molecule is CCOC(=O)CSCC(=O)N[C@@H](c1ccccc1)c1cccs1. The van der Waals surface area contributed by atoms with Crippen LogP contribution in [-0.4, -0.2) is 30.0 Å². The van der Waals surface area contributed by atoms with Gasteiger partial charge in [0, 0.05) is 4.88 Å². The molecule has 2 aromatic rings. The molecule has 1 heterocycles. The second-order valence-electron chi connectivity index (χ2n) is 4.72. The average molecular weight is 349 g/mol. The second kappa shape index (κ2) is 9.37. The van der Waals surface area contributed by atoms with Gasteiger partial charge in [0.15, 0.2) is 0 Å². The highest BCUT2D eigenvalue weighted by Crippen LogP contribution is 2.25. The molecule has 122 valence electrons. The van der Waals surface area contributed by atoms with Gasteiger partial charge in [-0.3, -0.25) is 9.59 Å². The molecule has 0 saturated heterocycles. The van der Waals surface area contributed by atoms with Crippen LogP contribution in [0.1, 0.15) is 23.4 Å². The van der Waals surface area contributed by atoms with Gasteiger partial charge in [-0.05, 0) is 23.9 Å². The van der Waals surface area contributed by atoms with E-state index in [1.807, 2.05) is 47.8 Å². The molecule has 0 saturated carbocycles. The number of benzene rings is 1. The van der Waals surface area contributed by atoms with Crippen molar-refractivity contribution >= 4 is 35.0 Å². The summed E-state index contributed by atoms with van der Waals surface area (Å²) in [6.07, 6.45) is 0. The number of carbonyl (C=O) groups excluding carboxylic acids is 2. The Morgan fingerprint density at radius 1 is 1.17 bits per heavy atom. The lowest BCUT2D eigenvalue weighted by molar-refractivity contribution is -0.139. The molecule has 23 heavy (non-hydrogen) atoms. The van der Waals surface area contributed by atoms with Crippen LogP contribution in [0.15, 0.2) is 47.8 Å². The van der Waals surface area contributed by atoms with Crippen molar-refractivity contribution in [1.82, 2.24) is 5.32 Å². The van der Waals surface area contributed by atoms with Crippen LogP contribution in [0.25, 0.3) is 0 Å². The number of hydrogen-bond acceptors (Lipinski definition) is 5. The monoisotopic (exact) mass is 349 g/mol. The van der Waals surface area contributed by atoms with Crippen molar-refractivity contribution in [2.75, 3.05) is 18.1 Å². The van der Waals surface area contributed by atoms with Crippen LogP contribution in [0, 0.1) is 0 Å². The van der Waals surface area contributed by atoms with Crippen LogP contribution in [0.3, 0.4) is 0 Å². The van der Waals surface area contributed by atoms with Gasteiger partial charge in [0.25, 0.3) is 0 Å². The fraction of sp³-hybridized carbons (Fsp3) is 0.294. The molecule has 1 amide bonds. The predicted octanol–water partition coefficient (Wildman–Crippen LogP) is 3.25. The Morgan fingerprint density at radius 3 is 2.61 bits per heavy atom. The summed E-state index contributed by atoms with van der Waals surface area (Å²) in [4.78, 5) is 24.5. The van der Waals surface area contributed by atoms with Crippen molar-refractivity contribution in [2.45, 2.75) is 13.0 Å². The van der Waals surface area contributed by atoms with Gasteiger partial charge in [0.05, 0.1) is 24.2 Å². The molecule has 0 aliphatic rings. The molecule has 0 fully saturated rings. The van der Waals surface area contributed by atoms with Crippen LogP contribution in [0.2, 0.25) is 0 Å². The first kappa shape index (κ1) is 17.6. The molecule has 0 spiro atoms. The summed E-state index contributed by atoms with van der Waals surface area (Å²) in [6.45, 7) is 2.13. The maximum absolute atomic E-state index is 12.2. The highest BCUT2D eigenvalue weighted by Gasteiger charge is 2.17. The quantitative estimate of drug-likeness (QED) is 0.743. The number of rotatable bonds is 8. The van der Waals surface area contributed by atoms with E-state index in [0.717, 1.165) is 10.4 Å². The van der Waals surface area contributed by atoms with Crippen LogP contribution in [0.4, 0.5) is 0 Å². The third kappa shape index (κ3) is 5.73. The number of hydrogen-bond donors (Lipinski definition) is 1. The van der Waals surface area contributed by atoms with Gasteiger partial charge in [-0.15, -0.1) is 23.1 Å². The minimum absolute atomic E-state index is 0.0958. The summed E-state index contributed by atoms with van der Waals surface area (Å²) in [6, 6.07) is 13.7. The van der Waals surface area contributed by atoms with E-state index in [1.165, 1.54) is 11.8 Å². The molecule has 1 N–H and O–H groups in total. The van der Waals surface area contributed by atoms with E-state index in [-0.39, 0.29) is 29.4 Å². The first-order valence-electron chi connectivity index (χ1n) is 7.31. The predicted molar refractivity (Wildman–Crippen MR) is 94.7 cm³/mol. The number of thiophene rings is 1. The number of esters is 1. The third-order valence-electron chi connectivity index (χ3n) is 3.02. The molecular formula is C17H19NO3S2. The van der Waals surface area contributed by atoms with Crippen molar-refractivity contribution in [3.63, 3.8) is 0 Å². The lowest BCUT2D eigenvalue weighted by atomic mass is 10.1. The molecule has 1 aromatic carbocycles. The highest BCUT2D eigenvalue weighted by atomic mass is 32.2. The summed E-state index contributed by atoms with van der Waals surface area (Å²) in [5.74, 6) is 0.0359. The van der Waals surface area contributed by atoms with Gasteiger partial charge >= 0.3 is 5.97 Å². The first-order chi connectivity index (χ1) is 11.2. The Kier molecular flexibility index (Phi) is 7.16. The van der Waals surface area contributed by atoms with E-state index in [4.69, 9.17) is 4.74 Å². The van der Waals surface area contributed by atoms with Gasteiger partial charge in [-0.2, -0.15) is 0 Å². The van der Waals surface area contributed by atoms with E-state index in [2.05, 4.69) is 5.32 Å². The van der Waals surface area contributed by atoms with Crippen LogP contribution < -0.4 is 5.32 Å². The second-order valence-corrected chi connectivity index (χ2v) is 6.69.